The molecule has 4 aromatic rings. The maximum Gasteiger partial charge on any atom is 0.300 e. The van der Waals surface area contributed by atoms with E-state index in [-0.39, 0.29) is 16.9 Å². The molecule has 0 spiro atoms. The van der Waals surface area contributed by atoms with Crippen LogP contribution in [0.4, 0.5) is 10.1 Å². The highest BCUT2D eigenvalue weighted by molar-refractivity contribution is 6.52. The van der Waals surface area contributed by atoms with E-state index in [9.17, 15) is 19.1 Å². The number of benzene rings is 3. The van der Waals surface area contributed by atoms with E-state index in [4.69, 9.17) is 4.42 Å². The molecule has 1 fully saturated rings. The minimum absolute atomic E-state index is 0.108. The van der Waals surface area contributed by atoms with Crippen molar-refractivity contribution in [2.24, 2.45) is 0 Å². The Bertz CT molecular complexity index is 1400. The lowest BCUT2D eigenvalue weighted by Gasteiger charge is -2.24. The summed E-state index contributed by atoms with van der Waals surface area (Å²) in [6, 6.07) is 19.4. The van der Waals surface area contributed by atoms with Crippen LogP contribution in [0.15, 0.2) is 89.0 Å². The summed E-state index contributed by atoms with van der Waals surface area (Å²) in [6.45, 7) is 1.56. The fourth-order valence-corrected chi connectivity index (χ4v) is 4.16. The number of carbonyl (C=O) groups is 2. The van der Waals surface area contributed by atoms with Crippen LogP contribution in [0, 0.1) is 12.7 Å². The highest BCUT2D eigenvalue weighted by Gasteiger charge is 2.48. The molecule has 1 aliphatic heterocycles. The van der Waals surface area contributed by atoms with Gasteiger partial charge in [0.2, 0.25) is 0 Å². The van der Waals surface area contributed by atoms with Gasteiger partial charge in [0.25, 0.3) is 11.7 Å². The molecule has 5 rings (SSSR count). The van der Waals surface area contributed by atoms with Crippen LogP contribution in [0.3, 0.4) is 0 Å². The number of hydrogen-bond donors (Lipinski definition) is 1. The van der Waals surface area contributed by atoms with Crippen LogP contribution < -0.4 is 4.90 Å². The molecular weight excluding hydrogens is 409 g/mol. The molecule has 158 valence electrons. The Labute approximate surface area is 183 Å². The lowest BCUT2D eigenvalue weighted by Crippen LogP contribution is -2.29. The van der Waals surface area contributed by atoms with E-state index in [1.165, 1.54) is 29.4 Å². The lowest BCUT2D eigenvalue weighted by atomic mass is 9.98. The molecule has 1 N–H and O–H groups in total. The third-order valence-corrected chi connectivity index (χ3v) is 5.71. The number of halogens is 1. The first-order valence-corrected chi connectivity index (χ1v) is 10.1. The van der Waals surface area contributed by atoms with Gasteiger partial charge in [-0.15, -0.1) is 0 Å². The van der Waals surface area contributed by atoms with Gasteiger partial charge in [-0.25, -0.2) is 4.39 Å². The van der Waals surface area contributed by atoms with Crippen molar-refractivity contribution in [2.45, 2.75) is 13.0 Å². The molecule has 0 saturated carbocycles. The van der Waals surface area contributed by atoms with E-state index in [1.807, 2.05) is 30.3 Å². The molecular formula is C26H18FNO4. The van der Waals surface area contributed by atoms with E-state index in [1.54, 1.807) is 31.2 Å². The highest BCUT2D eigenvalue weighted by Crippen LogP contribution is 2.44. The quantitative estimate of drug-likeness (QED) is 0.266. The van der Waals surface area contributed by atoms with E-state index >= 15 is 0 Å². The van der Waals surface area contributed by atoms with Gasteiger partial charge in [-0.3, -0.25) is 14.5 Å². The number of hydrogen-bond acceptors (Lipinski definition) is 4. The first-order valence-electron chi connectivity index (χ1n) is 10.1. The average Bonchev–Trinajstić information content (AvgIpc) is 3.42. The SMILES string of the molecule is Cc1cc(/C(O)=C2/C(=O)C(=O)N(c3cccc4ccccc34)C2c2ccco2)ccc1F. The molecule has 0 aliphatic carbocycles. The Hall–Kier alpha value is -4.19. The number of furan rings is 1. The molecule has 2 heterocycles. The normalized spacial score (nSPS) is 17.9. The summed E-state index contributed by atoms with van der Waals surface area (Å²) >= 11 is 0. The standard InChI is InChI=1S/C26H18FNO4/c1-15-14-17(11-12-19(15)27)24(29)22-23(21-10-5-13-32-21)28(26(31)25(22)30)20-9-4-7-16-6-2-3-8-18(16)20/h2-14,23,29H,1H3/b24-22-. The second-order valence-electron chi connectivity index (χ2n) is 7.65. The number of aliphatic hydroxyl groups excluding tert-OH is 1. The number of ketones is 1. The zero-order valence-electron chi connectivity index (χ0n) is 17.1. The lowest BCUT2D eigenvalue weighted by molar-refractivity contribution is -0.132. The number of aliphatic hydroxyl groups is 1. The van der Waals surface area contributed by atoms with Crippen molar-refractivity contribution in [1.82, 2.24) is 0 Å². The summed E-state index contributed by atoms with van der Waals surface area (Å²) in [4.78, 5) is 27.8. The van der Waals surface area contributed by atoms with Crippen LogP contribution in [0.1, 0.15) is 22.9 Å². The number of fused-ring (bicyclic) bond motifs is 1. The van der Waals surface area contributed by atoms with Crippen molar-refractivity contribution < 1.29 is 23.5 Å². The monoisotopic (exact) mass is 427 g/mol. The largest absolute Gasteiger partial charge is 0.507 e. The highest BCUT2D eigenvalue weighted by atomic mass is 19.1. The predicted octanol–water partition coefficient (Wildman–Crippen LogP) is 5.51. The molecule has 1 saturated heterocycles. The van der Waals surface area contributed by atoms with Gasteiger partial charge in [-0.05, 0) is 54.3 Å². The first-order chi connectivity index (χ1) is 15.5. The first kappa shape index (κ1) is 19.8. The summed E-state index contributed by atoms with van der Waals surface area (Å²) in [5, 5.41) is 12.8. The maximum absolute atomic E-state index is 13.8. The summed E-state index contributed by atoms with van der Waals surface area (Å²) in [5.74, 6) is -2.09. The molecule has 0 bridgehead atoms. The molecule has 32 heavy (non-hydrogen) atoms. The second-order valence-corrected chi connectivity index (χ2v) is 7.65. The van der Waals surface area contributed by atoms with Crippen LogP contribution in [0.25, 0.3) is 16.5 Å². The molecule has 3 aromatic carbocycles. The van der Waals surface area contributed by atoms with Gasteiger partial charge in [0, 0.05) is 10.9 Å². The van der Waals surface area contributed by atoms with E-state index in [2.05, 4.69) is 0 Å². The fourth-order valence-electron chi connectivity index (χ4n) is 4.16. The van der Waals surface area contributed by atoms with Crippen molar-refractivity contribution in [3.8, 4) is 0 Å². The Morgan fingerprint density at radius 3 is 2.53 bits per heavy atom. The molecule has 6 heteroatoms. The number of anilines is 1. The molecule has 0 radical (unpaired) electrons. The van der Waals surface area contributed by atoms with Gasteiger partial charge in [-0.1, -0.05) is 36.4 Å². The van der Waals surface area contributed by atoms with Crippen LogP contribution >= 0.6 is 0 Å². The van der Waals surface area contributed by atoms with Crippen molar-refractivity contribution in [3.63, 3.8) is 0 Å². The molecule has 1 aromatic heterocycles. The number of Topliss-reactive ketones (excluding diaryl/α,β-unsaturated/α-hetero) is 1. The Kier molecular flexibility index (Phi) is 4.63. The molecule has 5 nitrogen and oxygen atoms in total. The van der Waals surface area contributed by atoms with Crippen LogP contribution in [0.5, 0.6) is 0 Å². The number of aryl methyl sites for hydroxylation is 1. The van der Waals surface area contributed by atoms with E-state index < -0.39 is 23.5 Å². The number of amides is 1. The fraction of sp³-hybridized carbons (Fsp3) is 0.0769. The van der Waals surface area contributed by atoms with Crippen LogP contribution in [-0.4, -0.2) is 16.8 Å². The predicted molar refractivity (Wildman–Crippen MR) is 119 cm³/mol. The summed E-state index contributed by atoms with van der Waals surface area (Å²) in [6.07, 6.45) is 1.45. The second kappa shape index (κ2) is 7.50. The van der Waals surface area contributed by atoms with Gasteiger partial charge in [-0.2, -0.15) is 0 Å². The van der Waals surface area contributed by atoms with Crippen molar-refractivity contribution >= 4 is 33.9 Å². The molecule has 1 atom stereocenters. The molecule has 1 unspecified atom stereocenters. The van der Waals surface area contributed by atoms with Gasteiger partial charge in [0.15, 0.2) is 0 Å². The van der Waals surface area contributed by atoms with Crippen molar-refractivity contribution in [1.29, 1.82) is 0 Å². The van der Waals surface area contributed by atoms with Crippen LogP contribution in [-0.2, 0) is 9.59 Å². The average molecular weight is 427 g/mol. The van der Waals surface area contributed by atoms with Crippen LogP contribution in [0.2, 0.25) is 0 Å². The maximum atomic E-state index is 13.8. The zero-order chi connectivity index (χ0) is 22.4. The summed E-state index contributed by atoms with van der Waals surface area (Å²) in [5.41, 5.74) is 0.980. The third-order valence-electron chi connectivity index (χ3n) is 5.71. The Morgan fingerprint density at radius 2 is 1.78 bits per heavy atom. The molecule has 1 amide bonds. The Morgan fingerprint density at radius 1 is 1.00 bits per heavy atom. The van der Waals surface area contributed by atoms with Gasteiger partial charge in [0.1, 0.15) is 23.4 Å². The van der Waals surface area contributed by atoms with Gasteiger partial charge < -0.3 is 9.52 Å². The van der Waals surface area contributed by atoms with Gasteiger partial charge in [0.05, 0.1) is 17.5 Å². The minimum Gasteiger partial charge on any atom is -0.507 e. The number of rotatable bonds is 3. The van der Waals surface area contributed by atoms with E-state index in [0.717, 1.165) is 10.8 Å². The number of carbonyl (C=O) groups excluding carboxylic acids is 2. The zero-order valence-corrected chi connectivity index (χ0v) is 17.1. The van der Waals surface area contributed by atoms with Crippen molar-refractivity contribution in [3.05, 3.63) is 107 Å². The third kappa shape index (κ3) is 3.00. The smallest absolute Gasteiger partial charge is 0.300 e. The van der Waals surface area contributed by atoms with Gasteiger partial charge >= 0.3 is 0 Å². The number of nitrogens with zero attached hydrogens (tertiary/aromatic N) is 1. The topological polar surface area (TPSA) is 70.8 Å². The minimum atomic E-state index is -0.971. The Balaban J connectivity index is 1.76. The molecule has 1 aliphatic rings. The van der Waals surface area contributed by atoms with Crippen molar-refractivity contribution in [2.75, 3.05) is 4.90 Å². The van der Waals surface area contributed by atoms with E-state index in [0.29, 0.717) is 17.0 Å². The summed E-state index contributed by atoms with van der Waals surface area (Å²) < 4.78 is 19.4. The summed E-state index contributed by atoms with van der Waals surface area (Å²) in [7, 11) is 0.